The quantitative estimate of drug-likeness (QED) is 0.787. The number of para-hydroxylation sites is 1. The molecule has 2 aromatic rings. The highest BCUT2D eigenvalue weighted by Crippen LogP contribution is 2.21. The van der Waals surface area contributed by atoms with E-state index in [1.807, 2.05) is 26.1 Å². The van der Waals surface area contributed by atoms with Crippen LogP contribution in [0.5, 0.6) is 0 Å². The zero-order chi connectivity index (χ0) is 10.1. The lowest BCUT2D eigenvalue weighted by Crippen LogP contribution is -2.12. The Labute approximate surface area is 81.1 Å². The van der Waals surface area contributed by atoms with Gasteiger partial charge in [-0.1, -0.05) is 6.07 Å². The maximum absolute atomic E-state index is 11.4. The van der Waals surface area contributed by atoms with E-state index < -0.39 is 0 Å². The molecule has 1 N–H and O–H groups in total. The fraction of sp³-hybridized carbons (Fsp3) is 0.300. The van der Waals surface area contributed by atoms with Crippen molar-refractivity contribution < 1.29 is 4.42 Å². The fourth-order valence-electron chi connectivity index (χ4n) is 1.61. The summed E-state index contributed by atoms with van der Waals surface area (Å²) in [6.07, 6.45) is 0. The number of hydrogen-bond acceptors (Lipinski definition) is 3. The van der Waals surface area contributed by atoms with Crippen molar-refractivity contribution in [1.29, 1.82) is 0 Å². The summed E-state index contributed by atoms with van der Waals surface area (Å²) in [5.74, 6) is -0.301. The minimum absolute atomic E-state index is 0.301. The van der Waals surface area contributed by atoms with Crippen LogP contribution in [0.4, 0.5) is 5.69 Å². The predicted octanol–water partition coefficient (Wildman–Crippen LogP) is 1.66. The predicted molar refractivity (Wildman–Crippen MR) is 55.7 cm³/mol. The molecule has 0 saturated heterocycles. The summed E-state index contributed by atoms with van der Waals surface area (Å²) < 4.78 is 6.71. The summed E-state index contributed by atoms with van der Waals surface area (Å²) >= 11 is 0. The van der Waals surface area contributed by atoms with Crippen LogP contribution in [0.2, 0.25) is 0 Å². The van der Waals surface area contributed by atoms with Crippen LogP contribution in [0.25, 0.3) is 11.1 Å². The molecule has 1 aromatic carbocycles. The Bertz CT molecular complexity index is 510. The third-order valence-corrected chi connectivity index (χ3v) is 2.27. The number of fused-ring (bicyclic) bond motifs is 1. The molecule has 1 aromatic heterocycles. The molecule has 0 bridgehead atoms. The topological polar surface area (TPSA) is 47.2 Å². The van der Waals surface area contributed by atoms with Crippen LogP contribution in [-0.4, -0.2) is 11.6 Å². The number of rotatable bonds is 2. The van der Waals surface area contributed by atoms with Gasteiger partial charge in [-0.2, -0.15) is 0 Å². The van der Waals surface area contributed by atoms with Crippen molar-refractivity contribution >= 4 is 16.8 Å². The molecule has 74 valence electrons. The summed E-state index contributed by atoms with van der Waals surface area (Å²) in [5, 5.41) is 3.04. The molecule has 4 heteroatoms. The molecule has 0 fully saturated rings. The van der Waals surface area contributed by atoms with Gasteiger partial charge in [-0.3, -0.25) is 4.57 Å². The molecule has 0 radical (unpaired) electrons. The zero-order valence-electron chi connectivity index (χ0n) is 8.20. The number of benzene rings is 1. The molecular formula is C10H12N2O2. The molecule has 0 aliphatic heterocycles. The lowest BCUT2D eigenvalue weighted by atomic mass is 10.2. The van der Waals surface area contributed by atoms with E-state index in [-0.39, 0.29) is 5.76 Å². The molecule has 14 heavy (non-hydrogen) atoms. The van der Waals surface area contributed by atoms with Crippen molar-refractivity contribution in [3.8, 4) is 0 Å². The fourth-order valence-corrected chi connectivity index (χ4v) is 1.61. The van der Waals surface area contributed by atoms with Gasteiger partial charge in [-0.15, -0.1) is 0 Å². The number of hydrogen-bond donors (Lipinski definition) is 1. The van der Waals surface area contributed by atoms with Gasteiger partial charge in [0.05, 0.1) is 5.69 Å². The van der Waals surface area contributed by atoms with E-state index in [0.29, 0.717) is 12.1 Å². The summed E-state index contributed by atoms with van der Waals surface area (Å²) in [6.45, 7) is 2.54. The number of oxazole rings is 1. The first-order valence-corrected chi connectivity index (χ1v) is 4.58. The van der Waals surface area contributed by atoms with Gasteiger partial charge in [0.1, 0.15) is 5.52 Å². The summed E-state index contributed by atoms with van der Waals surface area (Å²) in [4.78, 5) is 11.4. The number of nitrogens with zero attached hydrogens (tertiary/aromatic N) is 1. The third kappa shape index (κ3) is 1.11. The number of anilines is 1. The monoisotopic (exact) mass is 192 g/mol. The average Bonchev–Trinajstić information content (AvgIpc) is 2.52. The Morgan fingerprint density at radius 1 is 1.50 bits per heavy atom. The van der Waals surface area contributed by atoms with E-state index >= 15 is 0 Å². The highest BCUT2D eigenvalue weighted by Gasteiger charge is 2.10. The van der Waals surface area contributed by atoms with Gasteiger partial charge in [0.25, 0.3) is 0 Å². The van der Waals surface area contributed by atoms with E-state index in [1.165, 1.54) is 0 Å². The van der Waals surface area contributed by atoms with Crippen LogP contribution in [0.1, 0.15) is 6.92 Å². The zero-order valence-corrected chi connectivity index (χ0v) is 8.20. The summed E-state index contributed by atoms with van der Waals surface area (Å²) in [7, 11) is 1.83. The lowest BCUT2D eigenvalue weighted by molar-refractivity contribution is 0.513. The van der Waals surface area contributed by atoms with E-state index in [9.17, 15) is 4.79 Å². The Morgan fingerprint density at radius 3 is 2.93 bits per heavy atom. The average molecular weight is 192 g/mol. The largest absolute Gasteiger partial charge is 0.420 e. The molecule has 4 nitrogen and oxygen atoms in total. The molecule has 2 rings (SSSR count). The van der Waals surface area contributed by atoms with E-state index in [4.69, 9.17) is 4.42 Å². The molecule has 0 spiro atoms. The van der Waals surface area contributed by atoms with Gasteiger partial charge >= 0.3 is 5.76 Å². The second kappa shape index (κ2) is 3.21. The molecule has 0 aliphatic rings. The van der Waals surface area contributed by atoms with E-state index in [2.05, 4.69) is 5.32 Å². The highest BCUT2D eigenvalue weighted by atomic mass is 16.4. The van der Waals surface area contributed by atoms with Gasteiger partial charge in [0.15, 0.2) is 5.58 Å². The summed E-state index contributed by atoms with van der Waals surface area (Å²) in [5.41, 5.74) is 2.38. The van der Waals surface area contributed by atoms with Crippen molar-refractivity contribution in [1.82, 2.24) is 4.57 Å². The third-order valence-electron chi connectivity index (χ3n) is 2.27. The Kier molecular flexibility index (Phi) is 2.04. The Balaban J connectivity index is 2.89. The van der Waals surface area contributed by atoms with Gasteiger partial charge in [0, 0.05) is 13.6 Å². The van der Waals surface area contributed by atoms with Crippen LogP contribution >= 0.6 is 0 Å². The summed E-state index contributed by atoms with van der Waals surface area (Å²) in [6, 6.07) is 5.57. The van der Waals surface area contributed by atoms with Crippen LogP contribution < -0.4 is 11.1 Å². The SMILES string of the molecule is CCn1c(=O)oc2cccc(NC)c21. The number of aryl methyl sites for hydroxylation is 1. The lowest BCUT2D eigenvalue weighted by Gasteiger charge is -2.03. The first kappa shape index (κ1) is 8.87. The molecule has 0 atom stereocenters. The van der Waals surface area contributed by atoms with Gasteiger partial charge in [0.2, 0.25) is 0 Å². The normalized spacial score (nSPS) is 10.7. The molecule has 1 heterocycles. The maximum Gasteiger partial charge on any atom is 0.420 e. The van der Waals surface area contributed by atoms with Gasteiger partial charge < -0.3 is 9.73 Å². The number of nitrogens with one attached hydrogen (secondary N) is 1. The number of aromatic nitrogens is 1. The van der Waals surface area contributed by atoms with Gasteiger partial charge in [-0.05, 0) is 19.1 Å². The van der Waals surface area contributed by atoms with Crippen molar-refractivity contribution in [2.24, 2.45) is 0 Å². The molecular weight excluding hydrogens is 180 g/mol. The van der Waals surface area contributed by atoms with Crippen molar-refractivity contribution in [3.05, 3.63) is 28.7 Å². The van der Waals surface area contributed by atoms with Crippen molar-refractivity contribution in [2.75, 3.05) is 12.4 Å². The van der Waals surface area contributed by atoms with Crippen LogP contribution in [0, 0.1) is 0 Å². The Morgan fingerprint density at radius 2 is 2.29 bits per heavy atom. The maximum atomic E-state index is 11.4. The molecule has 0 amide bonds. The minimum Gasteiger partial charge on any atom is -0.408 e. The van der Waals surface area contributed by atoms with Crippen LogP contribution in [0.15, 0.2) is 27.4 Å². The standard InChI is InChI=1S/C10H12N2O2/c1-3-12-9-7(11-2)5-4-6-8(9)14-10(12)13/h4-6,11H,3H2,1-2H3. The van der Waals surface area contributed by atoms with Crippen LogP contribution in [0.3, 0.4) is 0 Å². The second-order valence-corrected chi connectivity index (χ2v) is 3.01. The van der Waals surface area contributed by atoms with Crippen LogP contribution in [-0.2, 0) is 6.54 Å². The first-order chi connectivity index (χ1) is 6.77. The van der Waals surface area contributed by atoms with Gasteiger partial charge in [-0.25, -0.2) is 4.79 Å². The Hall–Kier alpha value is -1.71. The van der Waals surface area contributed by atoms with E-state index in [1.54, 1.807) is 10.6 Å². The molecule has 0 unspecified atom stereocenters. The van der Waals surface area contributed by atoms with Crippen molar-refractivity contribution in [3.63, 3.8) is 0 Å². The second-order valence-electron chi connectivity index (χ2n) is 3.01. The first-order valence-electron chi connectivity index (χ1n) is 4.58. The minimum atomic E-state index is -0.301. The highest BCUT2D eigenvalue weighted by molar-refractivity contribution is 5.86. The molecule has 0 aliphatic carbocycles. The van der Waals surface area contributed by atoms with Crippen molar-refractivity contribution in [2.45, 2.75) is 13.5 Å². The molecule has 0 saturated carbocycles. The van der Waals surface area contributed by atoms with E-state index in [0.717, 1.165) is 11.2 Å². The smallest absolute Gasteiger partial charge is 0.408 e.